The van der Waals surface area contributed by atoms with Crippen LogP contribution in [-0.4, -0.2) is 18.4 Å². The zero-order valence-electron chi connectivity index (χ0n) is 12.6. The lowest BCUT2D eigenvalue weighted by Gasteiger charge is -2.11. The highest BCUT2D eigenvalue weighted by Gasteiger charge is 2.13. The number of nitrogens with one attached hydrogen (secondary N) is 2. The van der Waals surface area contributed by atoms with Gasteiger partial charge in [0.05, 0.1) is 12.2 Å². The number of rotatable bonds is 5. The van der Waals surface area contributed by atoms with E-state index in [-0.39, 0.29) is 0 Å². The molecule has 2 rings (SSSR count). The van der Waals surface area contributed by atoms with Gasteiger partial charge >= 0.3 is 0 Å². The molecule has 120 valence electrons. The van der Waals surface area contributed by atoms with Crippen LogP contribution in [0, 0.1) is 0 Å². The first kappa shape index (κ1) is 17.0. The van der Waals surface area contributed by atoms with Crippen LogP contribution < -0.4 is 15.6 Å². The molecule has 2 N–H and O–H groups in total. The van der Waals surface area contributed by atoms with Crippen molar-refractivity contribution in [3.63, 3.8) is 0 Å². The Kier molecular flexibility index (Phi) is 6.17. The second kappa shape index (κ2) is 8.33. The molecule has 0 heterocycles. The normalized spacial score (nSPS) is 10.0. The monoisotopic (exact) mass is 376 g/mol. The van der Waals surface area contributed by atoms with Crippen molar-refractivity contribution < 1.29 is 14.3 Å². The summed E-state index contributed by atoms with van der Waals surface area (Å²) < 4.78 is 6.32. The first-order chi connectivity index (χ1) is 11.1. The van der Waals surface area contributed by atoms with Crippen molar-refractivity contribution in [2.45, 2.75) is 13.3 Å². The number of amides is 2. The molecule has 0 aliphatic carbocycles. The summed E-state index contributed by atoms with van der Waals surface area (Å²) in [5.74, 6) is -0.338. The average molecular weight is 377 g/mol. The van der Waals surface area contributed by atoms with E-state index >= 15 is 0 Å². The summed E-state index contributed by atoms with van der Waals surface area (Å²) in [6.07, 6.45) is 0.843. The van der Waals surface area contributed by atoms with Gasteiger partial charge in [0.25, 0.3) is 11.8 Å². The van der Waals surface area contributed by atoms with Gasteiger partial charge in [-0.25, -0.2) is 0 Å². The Morgan fingerprint density at radius 2 is 1.78 bits per heavy atom. The summed E-state index contributed by atoms with van der Waals surface area (Å²) in [6, 6.07) is 13.8. The van der Waals surface area contributed by atoms with Crippen LogP contribution in [0.2, 0.25) is 0 Å². The maximum Gasteiger partial charge on any atom is 0.273 e. The van der Waals surface area contributed by atoms with Gasteiger partial charge in [0.15, 0.2) is 0 Å². The zero-order chi connectivity index (χ0) is 16.7. The second-order valence-electron chi connectivity index (χ2n) is 4.76. The highest BCUT2D eigenvalue weighted by atomic mass is 79.9. The maximum atomic E-state index is 12.2. The molecule has 2 aromatic rings. The van der Waals surface area contributed by atoms with E-state index in [0.717, 1.165) is 10.9 Å². The lowest BCUT2D eigenvalue weighted by atomic mass is 10.2. The molecule has 0 saturated carbocycles. The quantitative estimate of drug-likeness (QED) is 0.786. The van der Waals surface area contributed by atoms with Gasteiger partial charge in [0, 0.05) is 10.0 Å². The van der Waals surface area contributed by atoms with Gasteiger partial charge in [-0.1, -0.05) is 41.1 Å². The standard InChI is InChI=1S/C17H17BrN2O3/c1-2-10-23-15-9-4-3-8-14(15)17(22)20-19-16(21)12-6-5-7-13(18)11-12/h3-9,11H,2,10H2,1H3,(H,19,21)(H,20,22). The van der Waals surface area contributed by atoms with Crippen LogP contribution in [0.15, 0.2) is 53.0 Å². The molecular weight excluding hydrogens is 360 g/mol. The van der Waals surface area contributed by atoms with Crippen molar-refractivity contribution in [3.8, 4) is 5.75 Å². The van der Waals surface area contributed by atoms with Crippen LogP contribution in [0.4, 0.5) is 0 Å². The predicted molar refractivity (Wildman–Crippen MR) is 91.3 cm³/mol. The Morgan fingerprint density at radius 1 is 1.04 bits per heavy atom. The molecule has 23 heavy (non-hydrogen) atoms. The molecule has 6 heteroatoms. The second-order valence-corrected chi connectivity index (χ2v) is 5.68. The van der Waals surface area contributed by atoms with E-state index in [2.05, 4.69) is 26.8 Å². The first-order valence-corrected chi connectivity index (χ1v) is 7.99. The fourth-order valence-electron chi connectivity index (χ4n) is 1.87. The van der Waals surface area contributed by atoms with Crippen LogP contribution in [0.3, 0.4) is 0 Å². The Hall–Kier alpha value is -2.34. The summed E-state index contributed by atoms with van der Waals surface area (Å²) in [6.45, 7) is 2.51. The number of benzene rings is 2. The van der Waals surface area contributed by atoms with E-state index in [0.29, 0.717) is 23.5 Å². The summed E-state index contributed by atoms with van der Waals surface area (Å²) >= 11 is 3.30. The summed E-state index contributed by atoms with van der Waals surface area (Å²) in [4.78, 5) is 24.2. The smallest absolute Gasteiger partial charge is 0.273 e. The molecule has 0 fully saturated rings. The minimum Gasteiger partial charge on any atom is -0.493 e. The summed E-state index contributed by atoms with van der Waals surface area (Å²) in [7, 11) is 0. The first-order valence-electron chi connectivity index (χ1n) is 7.20. The number of carbonyl (C=O) groups is 2. The molecule has 0 bridgehead atoms. The van der Waals surface area contributed by atoms with Gasteiger partial charge in [0.2, 0.25) is 0 Å². The summed E-state index contributed by atoms with van der Waals surface area (Å²) in [5.41, 5.74) is 5.60. The van der Waals surface area contributed by atoms with Crippen molar-refractivity contribution in [1.29, 1.82) is 0 Å². The van der Waals surface area contributed by atoms with Crippen LogP contribution in [-0.2, 0) is 0 Å². The van der Waals surface area contributed by atoms with Gasteiger partial charge in [-0.15, -0.1) is 0 Å². The number of halogens is 1. The zero-order valence-corrected chi connectivity index (χ0v) is 14.2. The van der Waals surface area contributed by atoms with E-state index in [4.69, 9.17) is 4.74 Å². The maximum absolute atomic E-state index is 12.2. The van der Waals surface area contributed by atoms with Gasteiger partial charge in [0.1, 0.15) is 5.75 Å². The van der Waals surface area contributed by atoms with Gasteiger partial charge in [-0.3, -0.25) is 20.4 Å². The molecule has 2 aromatic carbocycles. The predicted octanol–water partition coefficient (Wildman–Crippen LogP) is 3.31. The van der Waals surface area contributed by atoms with E-state index in [1.54, 1.807) is 42.5 Å². The Bertz CT molecular complexity index is 704. The molecule has 5 nitrogen and oxygen atoms in total. The molecule has 0 atom stereocenters. The van der Waals surface area contributed by atoms with E-state index in [1.807, 2.05) is 13.0 Å². The van der Waals surface area contributed by atoms with Crippen LogP contribution >= 0.6 is 15.9 Å². The minimum atomic E-state index is -0.431. The highest BCUT2D eigenvalue weighted by molar-refractivity contribution is 9.10. The van der Waals surface area contributed by atoms with Gasteiger partial charge in [-0.05, 0) is 36.8 Å². The number of hydrogen-bond donors (Lipinski definition) is 2. The Labute approximate surface area is 143 Å². The molecule has 0 unspecified atom stereocenters. The average Bonchev–Trinajstić information content (AvgIpc) is 2.57. The molecule has 0 radical (unpaired) electrons. The molecular formula is C17H17BrN2O3. The van der Waals surface area contributed by atoms with Crippen molar-refractivity contribution in [2.24, 2.45) is 0 Å². The lowest BCUT2D eigenvalue weighted by Crippen LogP contribution is -2.41. The van der Waals surface area contributed by atoms with Crippen LogP contribution in [0.1, 0.15) is 34.1 Å². The van der Waals surface area contributed by atoms with Crippen molar-refractivity contribution >= 4 is 27.7 Å². The van der Waals surface area contributed by atoms with Crippen LogP contribution in [0.25, 0.3) is 0 Å². The number of hydrogen-bond acceptors (Lipinski definition) is 3. The SMILES string of the molecule is CCCOc1ccccc1C(=O)NNC(=O)c1cccc(Br)c1. The third kappa shape index (κ3) is 4.82. The largest absolute Gasteiger partial charge is 0.493 e. The number of carbonyl (C=O) groups excluding carboxylic acids is 2. The Morgan fingerprint density at radius 3 is 2.52 bits per heavy atom. The van der Waals surface area contributed by atoms with Gasteiger partial charge in [-0.2, -0.15) is 0 Å². The summed E-state index contributed by atoms with van der Waals surface area (Å²) in [5, 5.41) is 0. The minimum absolute atomic E-state index is 0.371. The van der Waals surface area contributed by atoms with Crippen molar-refractivity contribution in [2.75, 3.05) is 6.61 Å². The highest BCUT2D eigenvalue weighted by Crippen LogP contribution is 2.18. The number of para-hydroxylation sites is 1. The number of hydrazine groups is 1. The van der Waals surface area contributed by atoms with E-state index in [1.165, 1.54) is 0 Å². The molecule has 2 amide bonds. The molecule has 0 aliphatic heterocycles. The topological polar surface area (TPSA) is 67.4 Å². The van der Waals surface area contributed by atoms with Gasteiger partial charge < -0.3 is 4.74 Å². The molecule has 0 spiro atoms. The molecule has 0 saturated heterocycles. The Balaban J connectivity index is 2.01. The third-order valence-corrected chi connectivity index (χ3v) is 3.46. The fraction of sp³-hybridized carbons (Fsp3) is 0.176. The third-order valence-electron chi connectivity index (χ3n) is 2.97. The van der Waals surface area contributed by atoms with E-state index in [9.17, 15) is 9.59 Å². The van der Waals surface area contributed by atoms with Crippen molar-refractivity contribution in [3.05, 3.63) is 64.1 Å². The van der Waals surface area contributed by atoms with Crippen molar-refractivity contribution in [1.82, 2.24) is 10.9 Å². The number of ether oxygens (including phenoxy) is 1. The lowest BCUT2D eigenvalue weighted by molar-refractivity contribution is 0.0844. The molecule has 0 aromatic heterocycles. The van der Waals surface area contributed by atoms with E-state index < -0.39 is 11.8 Å². The van der Waals surface area contributed by atoms with Crippen LogP contribution in [0.5, 0.6) is 5.75 Å². The fourth-order valence-corrected chi connectivity index (χ4v) is 2.27. The molecule has 0 aliphatic rings.